The van der Waals surface area contributed by atoms with Crippen LogP contribution >= 0.6 is 0 Å². The van der Waals surface area contributed by atoms with Gasteiger partial charge in [-0.2, -0.15) is 0 Å². The number of fused-ring (bicyclic) bond motifs is 5. The van der Waals surface area contributed by atoms with Gasteiger partial charge in [-0.1, -0.05) is 166 Å². The van der Waals surface area contributed by atoms with Gasteiger partial charge in [-0.25, -0.2) is 0 Å². The number of hydrogen-bond donors (Lipinski definition) is 0. The molecule has 0 saturated heterocycles. The van der Waals surface area contributed by atoms with Gasteiger partial charge in [0, 0.05) is 22.5 Å². The van der Waals surface area contributed by atoms with Crippen LogP contribution in [0, 0.1) is 0 Å². The van der Waals surface area contributed by atoms with Gasteiger partial charge in [-0.05, 0) is 103 Å². The average molecular weight is 640 g/mol. The van der Waals surface area contributed by atoms with Crippen molar-refractivity contribution in [3.8, 4) is 44.5 Å². The first-order valence-electron chi connectivity index (χ1n) is 17.4. The molecule has 9 rings (SSSR count). The third kappa shape index (κ3) is 5.11. The number of anilines is 3. The van der Waals surface area contributed by atoms with E-state index in [1.54, 1.807) is 0 Å². The fourth-order valence-electron chi connectivity index (χ4n) is 7.90. The van der Waals surface area contributed by atoms with Crippen molar-refractivity contribution in [2.24, 2.45) is 0 Å². The summed E-state index contributed by atoms with van der Waals surface area (Å²) >= 11 is 0. The molecule has 1 heteroatoms. The van der Waals surface area contributed by atoms with Crippen molar-refractivity contribution in [2.45, 2.75) is 19.3 Å². The second-order valence-corrected chi connectivity index (χ2v) is 13.8. The Labute approximate surface area is 294 Å². The highest BCUT2D eigenvalue weighted by molar-refractivity contribution is 5.98. The second-order valence-electron chi connectivity index (χ2n) is 13.8. The van der Waals surface area contributed by atoms with E-state index in [2.05, 4.69) is 207 Å². The lowest BCUT2D eigenvalue weighted by Crippen LogP contribution is -2.17. The van der Waals surface area contributed by atoms with Crippen LogP contribution < -0.4 is 4.90 Å². The molecule has 0 fully saturated rings. The van der Waals surface area contributed by atoms with E-state index in [0.29, 0.717) is 0 Å². The Morgan fingerprint density at radius 3 is 1.32 bits per heavy atom. The Morgan fingerprint density at radius 1 is 0.360 bits per heavy atom. The van der Waals surface area contributed by atoms with Crippen molar-refractivity contribution in [3.05, 3.63) is 199 Å². The molecule has 1 aliphatic rings. The predicted molar refractivity (Wildman–Crippen MR) is 213 cm³/mol. The van der Waals surface area contributed by atoms with Crippen molar-refractivity contribution in [1.82, 2.24) is 0 Å². The van der Waals surface area contributed by atoms with E-state index in [1.807, 2.05) is 0 Å². The average Bonchev–Trinajstić information content (AvgIpc) is 3.42. The van der Waals surface area contributed by atoms with Gasteiger partial charge in [0.2, 0.25) is 0 Å². The lowest BCUT2D eigenvalue weighted by molar-refractivity contribution is 0.666. The molecule has 8 aromatic carbocycles. The van der Waals surface area contributed by atoms with Gasteiger partial charge < -0.3 is 4.90 Å². The van der Waals surface area contributed by atoms with Crippen molar-refractivity contribution in [3.63, 3.8) is 0 Å². The highest BCUT2D eigenvalue weighted by Gasteiger charge is 2.37. The van der Waals surface area contributed by atoms with Crippen molar-refractivity contribution < 1.29 is 0 Å². The molecule has 0 bridgehead atoms. The molecule has 0 amide bonds. The predicted octanol–water partition coefficient (Wildman–Crippen LogP) is 13.6. The van der Waals surface area contributed by atoms with Crippen LogP contribution in [-0.2, 0) is 5.41 Å². The molecule has 0 unspecified atom stereocenters. The molecule has 0 radical (unpaired) electrons. The maximum absolute atomic E-state index is 2.42. The molecule has 0 N–H and O–H groups in total. The smallest absolute Gasteiger partial charge is 0.0465 e. The highest BCUT2D eigenvalue weighted by Crippen LogP contribution is 2.53. The Hall–Kier alpha value is -6.18. The number of rotatable bonds is 6. The molecule has 0 heterocycles. The summed E-state index contributed by atoms with van der Waals surface area (Å²) in [7, 11) is 0. The zero-order valence-corrected chi connectivity index (χ0v) is 28.3. The molecule has 0 spiro atoms. The van der Waals surface area contributed by atoms with Crippen molar-refractivity contribution in [2.75, 3.05) is 4.90 Å². The Balaban J connectivity index is 1.12. The lowest BCUT2D eigenvalue weighted by Gasteiger charge is -2.28. The van der Waals surface area contributed by atoms with Crippen molar-refractivity contribution in [1.29, 1.82) is 0 Å². The molecule has 0 atom stereocenters. The normalized spacial score (nSPS) is 12.8. The van der Waals surface area contributed by atoms with Crippen LogP contribution in [0.15, 0.2) is 188 Å². The summed E-state index contributed by atoms with van der Waals surface area (Å²) in [6.07, 6.45) is 0. The molecule has 8 aromatic rings. The molecular formula is C49H37N. The molecule has 238 valence electrons. The lowest BCUT2D eigenvalue weighted by atomic mass is 9.80. The minimum absolute atomic E-state index is 0.139. The second kappa shape index (κ2) is 12.1. The molecule has 0 saturated carbocycles. The van der Waals surface area contributed by atoms with E-state index in [4.69, 9.17) is 0 Å². The highest BCUT2D eigenvalue weighted by atomic mass is 15.1. The van der Waals surface area contributed by atoms with Gasteiger partial charge in [0.25, 0.3) is 0 Å². The summed E-state index contributed by atoms with van der Waals surface area (Å²) in [5.74, 6) is 0. The maximum atomic E-state index is 2.42. The van der Waals surface area contributed by atoms with Crippen LogP contribution in [-0.4, -0.2) is 0 Å². The summed E-state index contributed by atoms with van der Waals surface area (Å²) in [6, 6.07) is 68.4. The summed E-state index contributed by atoms with van der Waals surface area (Å²) in [4.78, 5) is 2.40. The van der Waals surface area contributed by atoms with Gasteiger partial charge >= 0.3 is 0 Å². The minimum Gasteiger partial charge on any atom is -0.310 e. The quantitative estimate of drug-likeness (QED) is 0.175. The topological polar surface area (TPSA) is 3.24 Å². The van der Waals surface area contributed by atoms with Crippen LogP contribution in [0.2, 0.25) is 0 Å². The third-order valence-corrected chi connectivity index (χ3v) is 10.5. The van der Waals surface area contributed by atoms with E-state index in [1.165, 1.54) is 66.4 Å². The zero-order valence-electron chi connectivity index (χ0n) is 28.3. The summed E-state index contributed by atoms with van der Waals surface area (Å²) < 4.78 is 0. The third-order valence-electron chi connectivity index (χ3n) is 10.5. The number of hydrogen-bond acceptors (Lipinski definition) is 1. The van der Waals surface area contributed by atoms with Gasteiger partial charge in [0.05, 0.1) is 0 Å². The Morgan fingerprint density at radius 2 is 0.780 bits per heavy atom. The van der Waals surface area contributed by atoms with E-state index < -0.39 is 0 Å². The van der Waals surface area contributed by atoms with Gasteiger partial charge in [-0.3, -0.25) is 0 Å². The first-order chi connectivity index (χ1) is 24.5. The van der Waals surface area contributed by atoms with Crippen LogP contribution in [0.5, 0.6) is 0 Å². The summed E-state index contributed by atoms with van der Waals surface area (Å²) in [5.41, 5.74) is 16.0. The molecule has 0 aromatic heterocycles. The van der Waals surface area contributed by atoms with E-state index in [9.17, 15) is 0 Å². The molecule has 1 nitrogen and oxygen atoms in total. The monoisotopic (exact) mass is 639 g/mol. The Kier molecular flexibility index (Phi) is 7.21. The largest absolute Gasteiger partial charge is 0.310 e. The summed E-state index contributed by atoms with van der Waals surface area (Å²) in [6.45, 7) is 4.76. The first kappa shape index (κ1) is 29.9. The fraction of sp³-hybridized carbons (Fsp3) is 0.0612. The molecule has 1 aliphatic carbocycles. The molecule has 50 heavy (non-hydrogen) atoms. The first-order valence-corrected chi connectivity index (χ1v) is 17.4. The van der Waals surface area contributed by atoms with Crippen LogP contribution in [0.1, 0.15) is 25.0 Å². The molecular weight excluding hydrogens is 603 g/mol. The number of nitrogens with zero attached hydrogens (tertiary/aromatic N) is 1. The van der Waals surface area contributed by atoms with Crippen LogP contribution in [0.3, 0.4) is 0 Å². The fourth-order valence-corrected chi connectivity index (χ4v) is 7.90. The van der Waals surface area contributed by atoms with E-state index in [-0.39, 0.29) is 5.41 Å². The maximum Gasteiger partial charge on any atom is 0.0465 e. The molecule has 0 aliphatic heterocycles. The van der Waals surface area contributed by atoms with Crippen LogP contribution in [0.4, 0.5) is 17.1 Å². The SMILES string of the molecule is CC1(C)c2cc(N(c3ccc(-c4ccccc4)cc3)c3ccc(-c4ccc(-c5ccccc5)cc4)cc3)ccc2-c2ccc3ccccc3c21. The van der Waals surface area contributed by atoms with Crippen molar-refractivity contribution >= 4 is 27.8 Å². The van der Waals surface area contributed by atoms with Gasteiger partial charge in [-0.15, -0.1) is 0 Å². The number of benzene rings is 8. The van der Waals surface area contributed by atoms with Gasteiger partial charge in [0.1, 0.15) is 0 Å². The zero-order chi connectivity index (χ0) is 33.7. The Bertz CT molecular complexity index is 2460. The standard InChI is InChI=1S/C49H37N/c1-49(2)47-33-43(30-32-45(47)46-31-25-40-15-9-10-16-44(40)48(46)49)50(41-26-21-38(22-27-41)35-13-7-4-8-14-35)42-28-23-39(24-29-42)37-19-17-36(18-20-37)34-11-5-3-6-12-34/h3-33H,1-2H3. The minimum atomic E-state index is -0.139. The summed E-state index contributed by atoms with van der Waals surface area (Å²) in [5, 5.41) is 2.63. The van der Waals surface area contributed by atoms with Crippen LogP contribution in [0.25, 0.3) is 55.3 Å². The van der Waals surface area contributed by atoms with E-state index >= 15 is 0 Å². The van der Waals surface area contributed by atoms with E-state index in [0.717, 1.165) is 17.1 Å². The van der Waals surface area contributed by atoms with Gasteiger partial charge in [0.15, 0.2) is 0 Å².